The fourth-order valence-corrected chi connectivity index (χ4v) is 4.20. The van der Waals surface area contributed by atoms with E-state index in [1.165, 1.54) is 4.31 Å². The molecule has 0 radical (unpaired) electrons. The van der Waals surface area contributed by atoms with Gasteiger partial charge in [-0.05, 0) is 24.5 Å². The number of nitrogens with zero attached hydrogens (tertiary/aromatic N) is 3. The molecule has 1 aliphatic heterocycles. The molecule has 3 rings (SSSR count). The molecule has 1 atom stereocenters. The van der Waals surface area contributed by atoms with Crippen molar-refractivity contribution in [3.63, 3.8) is 0 Å². The van der Waals surface area contributed by atoms with Gasteiger partial charge < -0.3 is 9.67 Å². The number of aliphatic carboxylic acids is 1. The minimum Gasteiger partial charge on any atom is -0.481 e. The summed E-state index contributed by atoms with van der Waals surface area (Å²) in [5.41, 5.74) is 1.64. The lowest BCUT2D eigenvalue weighted by Crippen LogP contribution is -2.47. The van der Waals surface area contributed by atoms with Gasteiger partial charge in [0.1, 0.15) is 0 Å². The van der Waals surface area contributed by atoms with Crippen molar-refractivity contribution in [1.82, 2.24) is 18.6 Å². The number of carbonyl (C=O) groups is 1. The van der Waals surface area contributed by atoms with E-state index in [1.807, 2.05) is 28.8 Å². The zero-order valence-electron chi connectivity index (χ0n) is 13.6. The molecule has 25 heavy (non-hydrogen) atoms. The van der Waals surface area contributed by atoms with Gasteiger partial charge in [0.25, 0.3) is 10.2 Å². The Hall–Kier alpha value is -2.23. The number of piperidine rings is 1. The van der Waals surface area contributed by atoms with Gasteiger partial charge in [-0.15, -0.1) is 0 Å². The summed E-state index contributed by atoms with van der Waals surface area (Å²) in [6, 6.07) is 7.43. The molecule has 9 heteroatoms. The van der Waals surface area contributed by atoms with Crippen LogP contribution in [0.2, 0.25) is 0 Å². The molecule has 1 aromatic heterocycles. The van der Waals surface area contributed by atoms with Gasteiger partial charge in [0.15, 0.2) is 0 Å². The monoisotopic (exact) mass is 364 g/mol. The Balaban J connectivity index is 1.72. The van der Waals surface area contributed by atoms with E-state index in [0.29, 0.717) is 19.4 Å². The van der Waals surface area contributed by atoms with E-state index in [1.54, 1.807) is 18.7 Å². The standard InChI is InChI=1S/C16H20N4O4S/c21-16(22)14-5-3-8-20(11-14)25(23,24)18-10-13-4-1-2-6-15(13)19-9-7-17-12-19/h1-2,4,6-7,9,12,14,18H,3,5,8,10-11H2,(H,21,22). The third kappa shape index (κ3) is 4.06. The average molecular weight is 364 g/mol. The minimum absolute atomic E-state index is 0.00777. The number of nitrogens with one attached hydrogen (secondary N) is 1. The quantitative estimate of drug-likeness (QED) is 0.796. The van der Waals surface area contributed by atoms with Crippen molar-refractivity contribution in [3.05, 3.63) is 48.5 Å². The Morgan fingerprint density at radius 3 is 2.88 bits per heavy atom. The Kier molecular flexibility index (Phi) is 5.16. The second kappa shape index (κ2) is 7.34. The molecule has 0 bridgehead atoms. The maximum absolute atomic E-state index is 12.5. The van der Waals surface area contributed by atoms with Crippen LogP contribution in [-0.2, 0) is 21.5 Å². The lowest BCUT2D eigenvalue weighted by Gasteiger charge is -2.29. The molecule has 134 valence electrons. The van der Waals surface area contributed by atoms with Gasteiger partial charge in [0.2, 0.25) is 0 Å². The van der Waals surface area contributed by atoms with Gasteiger partial charge in [-0.25, -0.2) is 4.98 Å². The molecule has 1 saturated heterocycles. The highest BCUT2D eigenvalue weighted by Gasteiger charge is 2.32. The van der Waals surface area contributed by atoms with Crippen molar-refractivity contribution >= 4 is 16.2 Å². The summed E-state index contributed by atoms with van der Waals surface area (Å²) >= 11 is 0. The summed E-state index contributed by atoms with van der Waals surface area (Å²) < 4.78 is 30.7. The minimum atomic E-state index is -3.74. The Morgan fingerprint density at radius 2 is 2.16 bits per heavy atom. The SMILES string of the molecule is O=C(O)C1CCCN(S(=O)(=O)NCc2ccccc2-n2ccnc2)C1. The third-order valence-corrected chi connectivity index (χ3v) is 5.81. The van der Waals surface area contributed by atoms with Crippen molar-refractivity contribution in [2.24, 2.45) is 5.92 Å². The van der Waals surface area contributed by atoms with Crippen LogP contribution in [0.1, 0.15) is 18.4 Å². The average Bonchev–Trinajstić information content (AvgIpc) is 3.15. The predicted molar refractivity (Wildman–Crippen MR) is 91.3 cm³/mol. The molecule has 1 unspecified atom stereocenters. The van der Waals surface area contributed by atoms with Crippen LogP contribution in [0, 0.1) is 5.92 Å². The number of imidazole rings is 1. The number of para-hydroxylation sites is 1. The number of rotatable bonds is 6. The largest absolute Gasteiger partial charge is 0.481 e. The second-order valence-corrected chi connectivity index (χ2v) is 7.72. The number of hydrogen-bond acceptors (Lipinski definition) is 4. The highest BCUT2D eigenvalue weighted by Crippen LogP contribution is 2.20. The Labute approximate surface area is 146 Å². The fraction of sp³-hybridized carbons (Fsp3) is 0.375. The van der Waals surface area contributed by atoms with Gasteiger partial charge in [-0.2, -0.15) is 17.4 Å². The summed E-state index contributed by atoms with van der Waals surface area (Å²) in [7, 11) is -3.74. The molecule has 1 aliphatic rings. The number of hydrogen-bond donors (Lipinski definition) is 2. The van der Waals surface area contributed by atoms with Crippen molar-refractivity contribution in [1.29, 1.82) is 0 Å². The summed E-state index contributed by atoms with van der Waals surface area (Å²) in [5, 5.41) is 9.12. The van der Waals surface area contributed by atoms with E-state index >= 15 is 0 Å². The molecule has 8 nitrogen and oxygen atoms in total. The van der Waals surface area contributed by atoms with E-state index in [2.05, 4.69) is 9.71 Å². The molecule has 2 heterocycles. The molecule has 0 aliphatic carbocycles. The van der Waals surface area contributed by atoms with Gasteiger partial charge in [0, 0.05) is 32.0 Å². The van der Waals surface area contributed by atoms with Crippen LogP contribution >= 0.6 is 0 Å². The Morgan fingerprint density at radius 1 is 1.36 bits per heavy atom. The van der Waals surface area contributed by atoms with E-state index < -0.39 is 22.1 Å². The molecule has 0 spiro atoms. The first-order chi connectivity index (χ1) is 12.0. The van der Waals surface area contributed by atoms with Crippen molar-refractivity contribution in [2.45, 2.75) is 19.4 Å². The maximum Gasteiger partial charge on any atom is 0.307 e. The fourth-order valence-electron chi connectivity index (χ4n) is 2.94. The van der Waals surface area contributed by atoms with E-state index in [-0.39, 0.29) is 13.1 Å². The zero-order chi connectivity index (χ0) is 17.9. The van der Waals surface area contributed by atoms with Gasteiger partial charge in [-0.1, -0.05) is 18.2 Å². The molecular formula is C16H20N4O4S. The molecule has 1 aromatic carbocycles. The highest BCUT2D eigenvalue weighted by atomic mass is 32.2. The molecule has 2 aromatic rings. The number of carboxylic acid groups (broad SMARTS) is 1. The lowest BCUT2D eigenvalue weighted by atomic mass is 10.0. The van der Waals surface area contributed by atoms with Crippen LogP contribution in [0.4, 0.5) is 0 Å². The van der Waals surface area contributed by atoms with Gasteiger partial charge in [0.05, 0.1) is 17.9 Å². The van der Waals surface area contributed by atoms with Gasteiger partial charge in [-0.3, -0.25) is 4.79 Å². The van der Waals surface area contributed by atoms with Crippen LogP contribution in [0.5, 0.6) is 0 Å². The number of carboxylic acids is 1. The van der Waals surface area contributed by atoms with Gasteiger partial charge >= 0.3 is 5.97 Å². The topological polar surface area (TPSA) is 105 Å². The van der Waals surface area contributed by atoms with Crippen molar-refractivity contribution < 1.29 is 18.3 Å². The molecular weight excluding hydrogens is 344 g/mol. The van der Waals surface area contributed by atoms with E-state index in [0.717, 1.165) is 11.3 Å². The summed E-state index contributed by atoms with van der Waals surface area (Å²) in [5.74, 6) is -1.60. The second-order valence-electron chi connectivity index (χ2n) is 5.96. The molecule has 0 saturated carbocycles. The molecule has 1 fully saturated rings. The smallest absolute Gasteiger partial charge is 0.307 e. The van der Waals surface area contributed by atoms with E-state index in [9.17, 15) is 13.2 Å². The number of aromatic nitrogens is 2. The van der Waals surface area contributed by atoms with Crippen LogP contribution < -0.4 is 4.72 Å². The first kappa shape index (κ1) is 17.6. The summed E-state index contributed by atoms with van der Waals surface area (Å²) in [4.78, 5) is 15.1. The normalized spacial score (nSPS) is 19.0. The summed E-state index contributed by atoms with van der Waals surface area (Å²) in [6.45, 7) is 0.459. The highest BCUT2D eigenvalue weighted by molar-refractivity contribution is 7.87. The van der Waals surface area contributed by atoms with Crippen LogP contribution in [-0.4, -0.2) is 46.4 Å². The first-order valence-electron chi connectivity index (χ1n) is 8.01. The van der Waals surface area contributed by atoms with Crippen LogP contribution in [0.15, 0.2) is 43.0 Å². The van der Waals surface area contributed by atoms with Crippen LogP contribution in [0.3, 0.4) is 0 Å². The predicted octanol–water partition coefficient (Wildman–Crippen LogP) is 1.00. The lowest BCUT2D eigenvalue weighted by molar-refractivity contribution is -0.142. The van der Waals surface area contributed by atoms with Crippen LogP contribution in [0.25, 0.3) is 5.69 Å². The molecule has 2 N–H and O–H groups in total. The zero-order valence-corrected chi connectivity index (χ0v) is 14.4. The maximum atomic E-state index is 12.5. The van der Waals surface area contributed by atoms with Crippen molar-refractivity contribution in [2.75, 3.05) is 13.1 Å². The van der Waals surface area contributed by atoms with Crippen molar-refractivity contribution in [3.8, 4) is 5.69 Å². The van der Waals surface area contributed by atoms with E-state index in [4.69, 9.17) is 5.11 Å². The molecule has 0 amide bonds. The first-order valence-corrected chi connectivity index (χ1v) is 9.45. The Bertz CT molecular complexity index is 836. The third-order valence-electron chi connectivity index (χ3n) is 4.29. The summed E-state index contributed by atoms with van der Waals surface area (Å²) in [6.07, 6.45) is 6.14. The number of benzene rings is 1.